The number of imide groups is 1. The number of hydrogen-bond acceptors (Lipinski definition) is 7. The van der Waals surface area contributed by atoms with Crippen LogP contribution in [0, 0.1) is 0 Å². The van der Waals surface area contributed by atoms with Crippen molar-refractivity contribution in [1.82, 2.24) is 0 Å². The Morgan fingerprint density at radius 3 is 1.94 bits per heavy atom. The first-order valence-electron chi connectivity index (χ1n) is 9.27. The van der Waals surface area contributed by atoms with Crippen LogP contribution in [0.15, 0.2) is 27.2 Å². The van der Waals surface area contributed by atoms with E-state index in [1.165, 1.54) is 6.07 Å². The Labute approximate surface area is 202 Å². The first-order chi connectivity index (χ1) is 15.5. The molecule has 0 fully saturated rings. The van der Waals surface area contributed by atoms with Gasteiger partial charge < -0.3 is 24.1 Å². The zero-order valence-electron chi connectivity index (χ0n) is 16.8. The lowest BCUT2D eigenvalue weighted by atomic mass is 10.1. The number of halogens is 5. The minimum atomic E-state index is -4.85. The summed E-state index contributed by atoms with van der Waals surface area (Å²) in [5.41, 5.74) is -1.82. The summed E-state index contributed by atoms with van der Waals surface area (Å²) in [7, 11) is 0. The minimum absolute atomic E-state index is 0.0570. The van der Waals surface area contributed by atoms with Crippen LogP contribution in [-0.4, -0.2) is 69.1 Å². The molecule has 0 radical (unpaired) electrons. The molecule has 1 heterocycles. The van der Waals surface area contributed by atoms with Crippen LogP contribution in [0.5, 0.6) is 5.75 Å². The number of carboxylic acid groups (broad SMARTS) is 1. The van der Waals surface area contributed by atoms with Crippen molar-refractivity contribution in [3.63, 3.8) is 0 Å². The fourth-order valence-electron chi connectivity index (χ4n) is 2.54. The normalized spacial score (nSPS) is 14.4. The number of benzene rings is 1. The van der Waals surface area contributed by atoms with Crippen LogP contribution >= 0.6 is 31.9 Å². The van der Waals surface area contributed by atoms with E-state index in [-0.39, 0.29) is 54.4 Å². The maximum atomic E-state index is 13.6. The third-order valence-electron chi connectivity index (χ3n) is 3.95. The topological polar surface area (TPSA) is 112 Å². The Morgan fingerprint density at radius 2 is 1.42 bits per heavy atom. The van der Waals surface area contributed by atoms with Gasteiger partial charge in [-0.05, 0) is 50.1 Å². The molecule has 0 unspecified atom stereocenters. The molecule has 182 valence electrons. The number of amides is 2. The quantitative estimate of drug-likeness (QED) is 0.270. The smallest absolute Gasteiger partial charge is 0.418 e. The van der Waals surface area contributed by atoms with Gasteiger partial charge in [-0.15, -0.1) is 0 Å². The summed E-state index contributed by atoms with van der Waals surface area (Å²) in [4.78, 5) is 35.1. The van der Waals surface area contributed by atoms with E-state index in [1.54, 1.807) is 0 Å². The molecule has 1 aliphatic rings. The average molecular weight is 605 g/mol. The van der Waals surface area contributed by atoms with Crippen molar-refractivity contribution in [3.05, 3.63) is 32.7 Å². The van der Waals surface area contributed by atoms with Gasteiger partial charge >= 0.3 is 12.1 Å². The maximum Gasteiger partial charge on any atom is 0.418 e. The second-order valence-corrected chi connectivity index (χ2v) is 7.86. The van der Waals surface area contributed by atoms with Gasteiger partial charge in [0, 0.05) is 0 Å². The van der Waals surface area contributed by atoms with Gasteiger partial charge in [0.25, 0.3) is 11.8 Å². The third-order valence-corrected chi connectivity index (χ3v) is 5.96. The van der Waals surface area contributed by atoms with Crippen LogP contribution in [0.25, 0.3) is 0 Å². The molecule has 1 N–H and O–H groups in total. The first kappa shape index (κ1) is 27.2. The summed E-state index contributed by atoms with van der Waals surface area (Å²) < 4.78 is 60.9. The van der Waals surface area contributed by atoms with Gasteiger partial charge in [-0.1, -0.05) is 0 Å². The molecule has 0 bridgehead atoms. The van der Waals surface area contributed by atoms with E-state index in [0.29, 0.717) is 11.0 Å². The average Bonchev–Trinajstić information content (AvgIpc) is 2.94. The number of anilines is 1. The lowest BCUT2D eigenvalue weighted by Crippen LogP contribution is -2.32. The van der Waals surface area contributed by atoms with Crippen LogP contribution in [0.2, 0.25) is 0 Å². The van der Waals surface area contributed by atoms with Gasteiger partial charge in [0.05, 0.1) is 44.3 Å². The van der Waals surface area contributed by atoms with Crippen molar-refractivity contribution >= 4 is 55.3 Å². The molecule has 1 aromatic carbocycles. The maximum absolute atomic E-state index is 13.6. The fourth-order valence-corrected chi connectivity index (χ4v) is 3.23. The SMILES string of the molecule is O=C(O)COCCOCCOCCOc1ccc(N2C(=O)C(Br)=C(Br)C2=O)c(C(F)(F)F)c1. The number of hydrogen-bond donors (Lipinski definition) is 1. The van der Waals surface area contributed by atoms with Gasteiger partial charge in [0.2, 0.25) is 0 Å². The highest BCUT2D eigenvalue weighted by atomic mass is 79.9. The molecule has 1 aliphatic heterocycles. The Morgan fingerprint density at radius 1 is 0.909 bits per heavy atom. The molecule has 1 aromatic rings. The standard InChI is InChI=1S/C19H18Br2F3NO8/c20-15-16(21)18(29)25(17(15)28)13-2-1-11(9-12(13)19(22,23)24)33-8-7-31-4-3-30-5-6-32-10-14(26)27/h1-2,9H,3-8,10H2,(H,26,27). The molecule has 14 heteroatoms. The number of aliphatic carboxylic acids is 1. The number of ether oxygens (including phenoxy) is 4. The van der Waals surface area contributed by atoms with E-state index in [9.17, 15) is 27.6 Å². The highest BCUT2D eigenvalue weighted by Gasteiger charge is 2.43. The number of carboxylic acids is 1. The van der Waals surface area contributed by atoms with Crippen molar-refractivity contribution in [1.29, 1.82) is 0 Å². The molecule has 0 atom stereocenters. The molecular formula is C19H18Br2F3NO8. The molecule has 9 nitrogen and oxygen atoms in total. The molecular weight excluding hydrogens is 587 g/mol. The van der Waals surface area contributed by atoms with Gasteiger partial charge in [0.15, 0.2) is 0 Å². The predicted molar refractivity (Wildman–Crippen MR) is 114 cm³/mol. The number of carbonyl (C=O) groups excluding carboxylic acids is 2. The second-order valence-electron chi connectivity index (χ2n) is 6.27. The van der Waals surface area contributed by atoms with Gasteiger partial charge in [-0.2, -0.15) is 13.2 Å². The second kappa shape index (κ2) is 12.5. The Kier molecular flexibility index (Phi) is 10.3. The van der Waals surface area contributed by atoms with Gasteiger partial charge in [0.1, 0.15) is 27.9 Å². The van der Waals surface area contributed by atoms with E-state index in [1.807, 2.05) is 0 Å². The predicted octanol–water partition coefficient (Wildman–Crippen LogP) is 3.09. The molecule has 2 amide bonds. The molecule has 0 aromatic heterocycles. The van der Waals surface area contributed by atoms with E-state index < -0.39 is 41.8 Å². The van der Waals surface area contributed by atoms with Gasteiger partial charge in [-0.25, -0.2) is 9.69 Å². The number of alkyl halides is 3. The summed E-state index contributed by atoms with van der Waals surface area (Å²) in [6.45, 7) is 0.291. The number of carbonyl (C=O) groups is 3. The van der Waals surface area contributed by atoms with Crippen molar-refractivity contribution in [2.75, 3.05) is 51.1 Å². The Hall–Kier alpha value is -2.00. The number of rotatable bonds is 13. The van der Waals surface area contributed by atoms with Crippen LogP contribution in [0.3, 0.4) is 0 Å². The summed E-state index contributed by atoms with van der Waals surface area (Å²) in [5, 5.41) is 8.39. The lowest BCUT2D eigenvalue weighted by molar-refractivity contribution is -0.143. The summed E-state index contributed by atoms with van der Waals surface area (Å²) >= 11 is 5.76. The first-order valence-corrected chi connectivity index (χ1v) is 10.9. The van der Waals surface area contributed by atoms with Crippen LogP contribution in [0.1, 0.15) is 5.56 Å². The molecule has 0 spiro atoms. The van der Waals surface area contributed by atoms with E-state index >= 15 is 0 Å². The summed E-state index contributed by atoms with van der Waals surface area (Å²) in [6.07, 6.45) is -4.85. The highest BCUT2D eigenvalue weighted by Crippen LogP contribution is 2.42. The number of nitrogens with zero attached hydrogens (tertiary/aromatic N) is 1. The van der Waals surface area contributed by atoms with Gasteiger partial charge in [-0.3, -0.25) is 9.59 Å². The molecule has 0 saturated carbocycles. The molecule has 33 heavy (non-hydrogen) atoms. The van der Waals surface area contributed by atoms with Crippen LogP contribution in [-0.2, 0) is 34.8 Å². The molecule has 0 saturated heterocycles. The Balaban J connectivity index is 1.84. The monoisotopic (exact) mass is 603 g/mol. The zero-order chi connectivity index (χ0) is 24.6. The van der Waals surface area contributed by atoms with E-state index in [4.69, 9.17) is 24.1 Å². The summed E-state index contributed by atoms with van der Waals surface area (Å²) in [6, 6.07) is 2.91. The van der Waals surface area contributed by atoms with E-state index in [0.717, 1.165) is 6.07 Å². The largest absolute Gasteiger partial charge is 0.491 e. The minimum Gasteiger partial charge on any atom is -0.491 e. The van der Waals surface area contributed by atoms with Crippen LogP contribution < -0.4 is 9.64 Å². The molecule has 0 aliphatic carbocycles. The van der Waals surface area contributed by atoms with Crippen molar-refractivity contribution in [2.45, 2.75) is 6.18 Å². The van der Waals surface area contributed by atoms with Crippen molar-refractivity contribution in [2.24, 2.45) is 0 Å². The summed E-state index contributed by atoms with van der Waals surface area (Å²) in [5.74, 6) is -3.04. The fraction of sp³-hybridized carbons (Fsp3) is 0.421. The lowest BCUT2D eigenvalue weighted by Gasteiger charge is -2.21. The molecule has 2 rings (SSSR count). The van der Waals surface area contributed by atoms with Crippen LogP contribution in [0.4, 0.5) is 18.9 Å². The third kappa shape index (κ3) is 7.78. The highest BCUT2D eigenvalue weighted by molar-refractivity contribution is 9.14. The zero-order valence-corrected chi connectivity index (χ0v) is 20.0. The van der Waals surface area contributed by atoms with Crippen molar-refractivity contribution < 1.29 is 51.6 Å². The van der Waals surface area contributed by atoms with E-state index in [2.05, 4.69) is 31.9 Å². The Bertz CT molecular complexity index is 899. The van der Waals surface area contributed by atoms with Crippen molar-refractivity contribution in [3.8, 4) is 5.75 Å².